The van der Waals surface area contributed by atoms with E-state index in [9.17, 15) is 9.35 Å². The lowest BCUT2D eigenvalue weighted by atomic mass is 10.1. The zero-order valence-corrected chi connectivity index (χ0v) is 8.72. The molecule has 5 nitrogen and oxygen atoms in total. The molecule has 2 atom stereocenters. The summed E-state index contributed by atoms with van der Waals surface area (Å²) in [5, 5.41) is 13.9. The molecule has 6 heteroatoms. The number of carbonyl (C=O) groups excluding carboxylic acids is 1. The van der Waals surface area contributed by atoms with E-state index in [1.165, 1.54) is 13.3 Å². The van der Waals surface area contributed by atoms with Crippen molar-refractivity contribution in [2.24, 2.45) is 11.1 Å². The molecule has 0 aromatic rings. The summed E-state index contributed by atoms with van der Waals surface area (Å²) in [6, 6.07) is 0. The van der Waals surface area contributed by atoms with Crippen molar-refractivity contribution in [1.82, 2.24) is 5.32 Å². The number of oxime groups is 1. The van der Waals surface area contributed by atoms with E-state index in [4.69, 9.17) is 5.21 Å². The molecule has 0 aromatic carbocycles. The van der Waals surface area contributed by atoms with Gasteiger partial charge >= 0.3 is 0 Å². The van der Waals surface area contributed by atoms with E-state index in [1.54, 1.807) is 6.92 Å². The minimum absolute atomic E-state index is 0.0156. The molecule has 2 unspecified atom stereocenters. The Morgan fingerprint density at radius 3 is 2.54 bits per heavy atom. The topological polar surface area (TPSA) is 84.8 Å². The highest BCUT2D eigenvalue weighted by Gasteiger charge is 2.29. The van der Waals surface area contributed by atoms with Crippen molar-refractivity contribution < 1.29 is 14.6 Å². The first-order valence-corrected chi connectivity index (χ1v) is 5.41. The number of nitrogens with one attached hydrogen (secondary N) is 1. The Kier molecular flexibility index (Phi) is 5.48. The third kappa shape index (κ3) is 3.23. The molecule has 0 spiro atoms. The van der Waals surface area contributed by atoms with Gasteiger partial charge in [0, 0.05) is 18.2 Å². The summed E-state index contributed by atoms with van der Waals surface area (Å²) in [6.07, 6.45) is 1.83. The van der Waals surface area contributed by atoms with Gasteiger partial charge in [0.25, 0.3) is 5.04 Å². The summed E-state index contributed by atoms with van der Waals surface area (Å²) in [4.78, 5) is 11.2. The summed E-state index contributed by atoms with van der Waals surface area (Å²) >= 11 is -1.42. The van der Waals surface area contributed by atoms with Crippen LogP contribution in [0, 0.1) is 5.92 Å². The molecule has 0 heterocycles. The van der Waals surface area contributed by atoms with Gasteiger partial charge in [-0.25, -0.2) is 0 Å². The van der Waals surface area contributed by atoms with Gasteiger partial charge in [-0.05, 0) is 11.6 Å². The van der Waals surface area contributed by atoms with Gasteiger partial charge in [0.2, 0.25) is 5.91 Å². The van der Waals surface area contributed by atoms with E-state index >= 15 is 0 Å². The maximum absolute atomic E-state index is 11.2. The van der Waals surface area contributed by atoms with Crippen LogP contribution < -0.4 is 5.32 Å². The number of nitrogens with zero attached hydrogens (tertiary/aromatic N) is 1. The lowest BCUT2D eigenvalue weighted by molar-refractivity contribution is -0.122. The number of amides is 1. The Balaban J connectivity index is 4.64. The van der Waals surface area contributed by atoms with Gasteiger partial charge < -0.3 is 15.1 Å². The zero-order valence-electron chi connectivity index (χ0n) is 7.90. The fraction of sp³-hybridized carbons (Fsp3) is 0.714. The third-order valence-electron chi connectivity index (χ3n) is 1.66. The SMILES string of the molecule is CCC(C(=O)NC)/C(=N/O)[S+](C)[O-]. The van der Waals surface area contributed by atoms with Gasteiger partial charge in [-0.2, -0.15) is 0 Å². The van der Waals surface area contributed by atoms with Crippen molar-refractivity contribution in [2.45, 2.75) is 13.3 Å². The lowest BCUT2D eigenvalue weighted by Gasteiger charge is -2.14. The van der Waals surface area contributed by atoms with E-state index < -0.39 is 17.1 Å². The highest BCUT2D eigenvalue weighted by molar-refractivity contribution is 8.05. The van der Waals surface area contributed by atoms with Gasteiger partial charge in [0.15, 0.2) is 0 Å². The predicted molar refractivity (Wildman–Crippen MR) is 51.1 cm³/mol. The number of hydrogen-bond donors (Lipinski definition) is 2. The Morgan fingerprint density at radius 1 is 1.77 bits per heavy atom. The van der Waals surface area contributed by atoms with Crippen molar-refractivity contribution in [3.63, 3.8) is 0 Å². The molecule has 13 heavy (non-hydrogen) atoms. The molecule has 1 amide bonds. The second-order valence-corrected chi connectivity index (χ2v) is 3.79. The quantitative estimate of drug-likeness (QED) is 0.223. The normalized spacial score (nSPS) is 16.5. The van der Waals surface area contributed by atoms with E-state index in [0.29, 0.717) is 6.42 Å². The standard InChI is InChI=1S/C7H14N2O3S/c1-4-5(6(10)8-2)7(9-11)13(3)12/h5,11H,4H2,1-3H3,(H,8,10)/b9-7-. The number of hydrogen-bond acceptors (Lipinski definition) is 4. The summed E-state index contributed by atoms with van der Waals surface area (Å²) in [6.45, 7) is 1.76. The molecular formula is C7H14N2O3S. The van der Waals surface area contributed by atoms with Gasteiger partial charge in [0.05, 0.1) is 0 Å². The van der Waals surface area contributed by atoms with Crippen molar-refractivity contribution in [1.29, 1.82) is 0 Å². The second-order valence-electron chi connectivity index (χ2n) is 2.47. The van der Waals surface area contributed by atoms with E-state index in [0.717, 1.165) is 0 Å². The highest BCUT2D eigenvalue weighted by Crippen LogP contribution is 2.10. The number of rotatable bonds is 3. The minimum Gasteiger partial charge on any atom is -0.611 e. The van der Waals surface area contributed by atoms with Crippen molar-refractivity contribution >= 4 is 22.1 Å². The van der Waals surface area contributed by atoms with Crippen molar-refractivity contribution in [3.05, 3.63) is 0 Å². The van der Waals surface area contributed by atoms with Crippen LogP contribution in [0.25, 0.3) is 0 Å². The predicted octanol–water partition coefficient (Wildman–Crippen LogP) is -0.0752. The average Bonchev–Trinajstić information content (AvgIpc) is 2.12. The Hall–Kier alpha value is -0.750. The molecule has 0 aliphatic heterocycles. The van der Waals surface area contributed by atoms with Crippen LogP contribution in [0.4, 0.5) is 0 Å². The Morgan fingerprint density at radius 2 is 2.31 bits per heavy atom. The Labute approximate surface area is 80.4 Å². The summed E-state index contributed by atoms with van der Waals surface area (Å²) < 4.78 is 11.0. The molecule has 0 bridgehead atoms. The van der Waals surface area contributed by atoms with Gasteiger partial charge in [-0.3, -0.25) is 4.79 Å². The van der Waals surface area contributed by atoms with Crippen LogP contribution in [0.2, 0.25) is 0 Å². The Bertz CT molecular complexity index is 206. The molecular weight excluding hydrogens is 192 g/mol. The first-order chi connectivity index (χ1) is 6.08. The van der Waals surface area contributed by atoms with E-state index in [2.05, 4.69) is 10.5 Å². The smallest absolute Gasteiger partial charge is 0.266 e. The van der Waals surface area contributed by atoms with Crippen LogP contribution in [0.15, 0.2) is 5.16 Å². The number of carbonyl (C=O) groups is 1. The third-order valence-corrected chi connectivity index (χ3v) is 2.62. The van der Waals surface area contributed by atoms with Gasteiger partial charge in [-0.15, -0.1) is 0 Å². The average molecular weight is 206 g/mol. The van der Waals surface area contributed by atoms with Crippen LogP contribution in [0.5, 0.6) is 0 Å². The molecule has 2 N–H and O–H groups in total. The minimum atomic E-state index is -1.42. The molecule has 0 rings (SSSR count). The molecule has 0 fully saturated rings. The monoisotopic (exact) mass is 206 g/mol. The largest absolute Gasteiger partial charge is 0.611 e. The summed E-state index contributed by atoms with van der Waals surface area (Å²) in [5.74, 6) is -0.897. The first-order valence-electron chi connectivity index (χ1n) is 3.85. The molecule has 0 aliphatic rings. The summed E-state index contributed by atoms with van der Waals surface area (Å²) in [7, 11) is 1.48. The van der Waals surface area contributed by atoms with Gasteiger partial charge in [-0.1, -0.05) is 6.92 Å². The zero-order chi connectivity index (χ0) is 10.4. The van der Waals surface area contributed by atoms with E-state index in [1.807, 2.05) is 0 Å². The fourth-order valence-corrected chi connectivity index (χ4v) is 1.76. The van der Waals surface area contributed by atoms with Crippen molar-refractivity contribution in [3.8, 4) is 0 Å². The van der Waals surface area contributed by atoms with Crippen LogP contribution in [0.1, 0.15) is 13.3 Å². The molecule has 0 saturated heterocycles. The molecule has 0 saturated carbocycles. The maximum atomic E-state index is 11.2. The first kappa shape index (κ1) is 12.2. The summed E-state index contributed by atoms with van der Waals surface area (Å²) in [5.41, 5.74) is 0. The van der Waals surface area contributed by atoms with Crippen LogP contribution in [-0.2, 0) is 16.0 Å². The molecule has 0 aliphatic carbocycles. The van der Waals surface area contributed by atoms with Crippen LogP contribution in [-0.4, -0.2) is 34.0 Å². The fourth-order valence-electron chi connectivity index (χ4n) is 0.974. The lowest BCUT2D eigenvalue weighted by Crippen LogP contribution is -2.36. The highest BCUT2D eigenvalue weighted by atomic mass is 32.2. The second kappa shape index (κ2) is 5.82. The molecule has 0 aromatic heterocycles. The van der Waals surface area contributed by atoms with Crippen LogP contribution >= 0.6 is 0 Å². The maximum Gasteiger partial charge on any atom is 0.266 e. The van der Waals surface area contributed by atoms with Crippen molar-refractivity contribution in [2.75, 3.05) is 13.3 Å². The molecule has 76 valence electrons. The van der Waals surface area contributed by atoms with Gasteiger partial charge in [0.1, 0.15) is 12.2 Å². The molecule has 0 radical (unpaired) electrons. The van der Waals surface area contributed by atoms with Crippen LogP contribution in [0.3, 0.4) is 0 Å². The van der Waals surface area contributed by atoms with E-state index in [-0.39, 0.29) is 11.0 Å².